The summed E-state index contributed by atoms with van der Waals surface area (Å²) in [5, 5.41) is 11.0. The average Bonchev–Trinajstić information content (AvgIpc) is 3.19. The van der Waals surface area contributed by atoms with Gasteiger partial charge in [-0.15, -0.1) is 0 Å². The van der Waals surface area contributed by atoms with E-state index in [4.69, 9.17) is 9.52 Å². The zero-order valence-electron chi connectivity index (χ0n) is 18.8. The molecule has 1 saturated heterocycles. The van der Waals surface area contributed by atoms with Crippen LogP contribution in [-0.4, -0.2) is 35.7 Å². The predicted octanol–water partition coefficient (Wildman–Crippen LogP) is 4.04. The van der Waals surface area contributed by atoms with Crippen LogP contribution in [0.1, 0.15) is 68.2 Å². The van der Waals surface area contributed by atoms with E-state index in [1.165, 1.54) is 43.5 Å². The molecule has 0 atom stereocenters. The number of aliphatic imine (C=N–C) groups is 1. The van der Waals surface area contributed by atoms with Crippen molar-refractivity contribution in [1.82, 2.24) is 20.7 Å². The number of likely N-dealkylation sites (tertiary alicyclic amines) is 1. The molecule has 1 aliphatic rings. The van der Waals surface area contributed by atoms with Crippen molar-refractivity contribution in [2.45, 2.75) is 72.5 Å². The minimum absolute atomic E-state index is 0.657. The monoisotopic (exact) mass is 411 g/mol. The van der Waals surface area contributed by atoms with Gasteiger partial charge in [0.15, 0.2) is 5.96 Å². The first kappa shape index (κ1) is 22.3. The lowest BCUT2D eigenvalue weighted by molar-refractivity contribution is 0.221. The normalized spacial score (nSPS) is 15.4. The van der Waals surface area contributed by atoms with Gasteiger partial charge < -0.3 is 15.2 Å². The fourth-order valence-corrected chi connectivity index (χ4v) is 3.95. The van der Waals surface area contributed by atoms with E-state index < -0.39 is 0 Å². The summed E-state index contributed by atoms with van der Waals surface area (Å²) in [4.78, 5) is 7.33. The largest absolute Gasteiger partial charge is 0.361 e. The summed E-state index contributed by atoms with van der Waals surface area (Å²) in [5.41, 5.74) is 4.80. The Morgan fingerprint density at radius 2 is 1.73 bits per heavy atom. The van der Waals surface area contributed by atoms with Gasteiger partial charge in [0.2, 0.25) is 0 Å². The van der Waals surface area contributed by atoms with Crippen LogP contribution in [-0.2, 0) is 32.5 Å². The fraction of sp³-hybridized carbons (Fsp3) is 0.583. The van der Waals surface area contributed by atoms with Gasteiger partial charge in [-0.05, 0) is 50.4 Å². The highest BCUT2D eigenvalue weighted by atomic mass is 16.5. The van der Waals surface area contributed by atoms with Gasteiger partial charge in [-0.3, -0.25) is 4.90 Å². The molecule has 0 spiro atoms. The van der Waals surface area contributed by atoms with E-state index in [9.17, 15) is 0 Å². The molecule has 1 aromatic carbocycles. The van der Waals surface area contributed by atoms with E-state index in [-0.39, 0.29) is 0 Å². The van der Waals surface area contributed by atoms with Crippen molar-refractivity contribution in [3.05, 3.63) is 52.4 Å². The first-order valence-electron chi connectivity index (χ1n) is 11.5. The Labute approximate surface area is 181 Å². The molecule has 0 aliphatic carbocycles. The van der Waals surface area contributed by atoms with Gasteiger partial charge in [0.05, 0.1) is 12.2 Å². The van der Waals surface area contributed by atoms with Gasteiger partial charge in [-0.25, -0.2) is 4.99 Å². The molecule has 0 saturated carbocycles. The Kier molecular flexibility index (Phi) is 8.75. The molecule has 0 bridgehead atoms. The summed E-state index contributed by atoms with van der Waals surface area (Å²) in [6.45, 7) is 12.0. The number of rotatable bonds is 9. The number of benzene rings is 1. The molecule has 1 aromatic heterocycles. The average molecular weight is 412 g/mol. The fourth-order valence-electron chi connectivity index (χ4n) is 3.95. The number of nitrogens with one attached hydrogen (secondary N) is 2. The molecular formula is C24H37N5O. The molecule has 6 nitrogen and oxygen atoms in total. The molecule has 1 aliphatic heterocycles. The van der Waals surface area contributed by atoms with E-state index in [2.05, 4.69) is 65.7 Å². The lowest BCUT2D eigenvalue weighted by Crippen LogP contribution is -2.37. The second-order valence-corrected chi connectivity index (χ2v) is 7.94. The maximum Gasteiger partial charge on any atom is 0.191 e. The molecule has 0 unspecified atom stereocenters. The minimum Gasteiger partial charge on any atom is -0.361 e. The summed E-state index contributed by atoms with van der Waals surface area (Å²) in [5.74, 6) is 1.78. The maximum atomic E-state index is 5.47. The Morgan fingerprint density at radius 1 is 1.00 bits per heavy atom. The van der Waals surface area contributed by atoms with Gasteiger partial charge >= 0.3 is 0 Å². The summed E-state index contributed by atoms with van der Waals surface area (Å²) in [6.07, 6.45) is 5.77. The summed E-state index contributed by atoms with van der Waals surface area (Å²) in [6, 6.07) is 8.91. The van der Waals surface area contributed by atoms with Crippen molar-refractivity contribution < 1.29 is 4.52 Å². The van der Waals surface area contributed by atoms with E-state index in [1.807, 2.05) is 0 Å². The molecule has 1 fully saturated rings. The van der Waals surface area contributed by atoms with Crippen LogP contribution in [0.2, 0.25) is 0 Å². The summed E-state index contributed by atoms with van der Waals surface area (Å²) in [7, 11) is 0. The lowest BCUT2D eigenvalue weighted by Gasteiger charge is -2.26. The molecule has 0 amide bonds. The molecule has 0 radical (unpaired) electrons. The Hall–Kier alpha value is -2.34. The van der Waals surface area contributed by atoms with E-state index in [0.29, 0.717) is 13.1 Å². The van der Waals surface area contributed by atoms with E-state index >= 15 is 0 Å². The number of nitrogens with zero attached hydrogens (tertiary/aromatic N) is 3. The molecule has 164 valence electrons. The minimum atomic E-state index is 0.657. The van der Waals surface area contributed by atoms with Crippen molar-refractivity contribution in [3.63, 3.8) is 0 Å². The van der Waals surface area contributed by atoms with Gasteiger partial charge in [-0.2, -0.15) is 0 Å². The number of hydrogen-bond acceptors (Lipinski definition) is 4. The number of aryl methyl sites for hydroxylation is 2. The molecule has 6 heteroatoms. The predicted molar refractivity (Wildman–Crippen MR) is 122 cm³/mol. The van der Waals surface area contributed by atoms with Crippen molar-refractivity contribution in [3.8, 4) is 0 Å². The Balaban J connectivity index is 1.57. The van der Waals surface area contributed by atoms with Gasteiger partial charge in [-0.1, -0.05) is 49.7 Å². The first-order valence-corrected chi connectivity index (χ1v) is 11.5. The second-order valence-electron chi connectivity index (χ2n) is 7.94. The van der Waals surface area contributed by atoms with Crippen LogP contribution in [0, 0.1) is 0 Å². The van der Waals surface area contributed by atoms with E-state index in [0.717, 1.165) is 48.9 Å². The third-order valence-electron chi connectivity index (χ3n) is 5.68. The molecule has 2 N–H and O–H groups in total. The van der Waals surface area contributed by atoms with Crippen molar-refractivity contribution in [1.29, 1.82) is 0 Å². The molecule has 3 rings (SSSR count). The maximum absolute atomic E-state index is 5.47. The highest BCUT2D eigenvalue weighted by molar-refractivity contribution is 5.79. The van der Waals surface area contributed by atoms with Crippen molar-refractivity contribution in [2.24, 2.45) is 4.99 Å². The van der Waals surface area contributed by atoms with Crippen LogP contribution in [0.3, 0.4) is 0 Å². The number of aromatic nitrogens is 1. The standard InChI is InChI=1S/C24H37N5O/c1-4-22-21(23(5-2)30-28-22)17-27-24(25-6-3)26-16-19-10-12-20(13-11-19)18-29-14-8-7-9-15-29/h10-13H,4-9,14-18H2,1-3H3,(H2,25,26,27). The van der Waals surface area contributed by atoms with Crippen LogP contribution < -0.4 is 10.6 Å². The lowest BCUT2D eigenvalue weighted by atomic mass is 10.1. The number of guanidine groups is 1. The molecular weight excluding hydrogens is 374 g/mol. The third-order valence-corrected chi connectivity index (χ3v) is 5.68. The summed E-state index contributed by atoms with van der Waals surface area (Å²) < 4.78 is 5.47. The topological polar surface area (TPSA) is 65.7 Å². The quantitative estimate of drug-likeness (QED) is 0.482. The molecule has 30 heavy (non-hydrogen) atoms. The van der Waals surface area contributed by atoms with Crippen LogP contribution in [0.4, 0.5) is 0 Å². The second kappa shape index (κ2) is 11.7. The van der Waals surface area contributed by atoms with Crippen LogP contribution >= 0.6 is 0 Å². The SMILES string of the molecule is CCNC(=NCc1ccc(CN2CCCCC2)cc1)NCc1c(CC)noc1CC. The first-order chi connectivity index (χ1) is 14.7. The molecule has 2 aromatic rings. The zero-order chi connectivity index (χ0) is 21.2. The number of hydrogen-bond donors (Lipinski definition) is 2. The highest BCUT2D eigenvalue weighted by Crippen LogP contribution is 2.16. The van der Waals surface area contributed by atoms with Crippen LogP contribution in [0.15, 0.2) is 33.8 Å². The van der Waals surface area contributed by atoms with E-state index in [1.54, 1.807) is 0 Å². The Morgan fingerprint density at radius 3 is 2.40 bits per heavy atom. The molecule has 2 heterocycles. The van der Waals surface area contributed by atoms with Gasteiger partial charge in [0, 0.05) is 31.6 Å². The van der Waals surface area contributed by atoms with Crippen molar-refractivity contribution >= 4 is 5.96 Å². The third kappa shape index (κ3) is 6.33. The Bertz CT molecular complexity index is 769. The summed E-state index contributed by atoms with van der Waals surface area (Å²) >= 11 is 0. The number of piperidine rings is 1. The van der Waals surface area contributed by atoms with Crippen molar-refractivity contribution in [2.75, 3.05) is 19.6 Å². The van der Waals surface area contributed by atoms with Gasteiger partial charge in [0.1, 0.15) is 5.76 Å². The zero-order valence-corrected chi connectivity index (χ0v) is 18.8. The van der Waals surface area contributed by atoms with Crippen LogP contribution in [0.25, 0.3) is 0 Å². The van der Waals surface area contributed by atoms with Crippen LogP contribution in [0.5, 0.6) is 0 Å². The highest BCUT2D eigenvalue weighted by Gasteiger charge is 2.14. The smallest absolute Gasteiger partial charge is 0.191 e. The van der Waals surface area contributed by atoms with Gasteiger partial charge in [0.25, 0.3) is 0 Å².